The topological polar surface area (TPSA) is 82.5 Å². The van der Waals surface area contributed by atoms with Crippen LogP contribution in [-0.4, -0.2) is 46.5 Å². The molecule has 0 aromatic carbocycles. The molecule has 1 aromatic rings. The number of aliphatic carboxylic acids is 1. The van der Waals surface area contributed by atoms with Crippen molar-refractivity contribution in [2.24, 2.45) is 0 Å². The van der Waals surface area contributed by atoms with Crippen molar-refractivity contribution in [2.75, 3.05) is 18.9 Å². The minimum absolute atomic E-state index is 0.00672. The van der Waals surface area contributed by atoms with E-state index >= 15 is 0 Å². The Bertz CT molecular complexity index is 519. The van der Waals surface area contributed by atoms with Crippen LogP contribution in [0.4, 0.5) is 5.82 Å². The molecule has 1 saturated heterocycles. The summed E-state index contributed by atoms with van der Waals surface area (Å²) in [4.78, 5) is 29.5. The summed E-state index contributed by atoms with van der Waals surface area (Å²) < 4.78 is 0. The summed E-state index contributed by atoms with van der Waals surface area (Å²) in [6.07, 6.45) is 5.12. The highest BCUT2D eigenvalue weighted by Gasteiger charge is 2.29. The van der Waals surface area contributed by atoms with E-state index in [1.165, 1.54) is 0 Å². The molecule has 21 heavy (non-hydrogen) atoms. The van der Waals surface area contributed by atoms with Crippen LogP contribution in [0.5, 0.6) is 0 Å². The van der Waals surface area contributed by atoms with Gasteiger partial charge in [-0.05, 0) is 37.8 Å². The predicted molar refractivity (Wildman–Crippen MR) is 79.3 cm³/mol. The molecule has 6 nitrogen and oxygen atoms in total. The quantitative estimate of drug-likeness (QED) is 0.867. The number of aromatic nitrogens is 1. The lowest BCUT2D eigenvalue weighted by Gasteiger charge is -2.36. The number of hydrogen-bond donors (Lipinski definition) is 2. The maximum absolute atomic E-state index is 12.7. The summed E-state index contributed by atoms with van der Waals surface area (Å²) in [6.45, 7) is 0.682. The zero-order chi connectivity index (χ0) is 15.2. The van der Waals surface area contributed by atoms with Gasteiger partial charge in [-0.3, -0.25) is 9.59 Å². The SMILES string of the molecule is CNc1ncccc1C(=O)N1CCCC[C@@H]1CCC(=O)O. The van der Waals surface area contributed by atoms with Crippen molar-refractivity contribution in [1.29, 1.82) is 0 Å². The lowest BCUT2D eigenvalue weighted by atomic mass is 9.97. The van der Waals surface area contributed by atoms with E-state index in [1.54, 1.807) is 25.4 Å². The summed E-state index contributed by atoms with van der Waals surface area (Å²) in [5.74, 6) is -0.321. The molecule has 0 radical (unpaired) electrons. The van der Waals surface area contributed by atoms with Crippen molar-refractivity contribution in [3.05, 3.63) is 23.9 Å². The van der Waals surface area contributed by atoms with Crippen LogP contribution in [0.15, 0.2) is 18.3 Å². The number of hydrogen-bond acceptors (Lipinski definition) is 4. The minimum Gasteiger partial charge on any atom is -0.481 e. The molecule has 0 unspecified atom stereocenters. The Hall–Kier alpha value is -2.11. The number of rotatable bonds is 5. The van der Waals surface area contributed by atoms with Gasteiger partial charge in [-0.15, -0.1) is 0 Å². The van der Waals surface area contributed by atoms with E-state index in [1.807, 2.05) is 4.90 Å². The number of nitrogens with zero attached hydrogens (tertiary/aromatic N) is 2. The molecule has 2 rings (SSSR count). The number of carboxylic acids is 1. The highest BCUT2D eigenvalue weighted by atomic mass is 16.4. The molecule has 6 heteroatoms. The zero-order valence-corrected chi connectivity index (χ0v) is 12.2. The minimum atomic E-state index is -0.815. The number of pyridine rings is 1. The average molecular weight is 291 g/mol. The van der Waals surface area contributed by atoms with E-state index in [4.69, 9.17) is 5.11 Å². The van der Waals surface area contributed by atoms with Gasteiger partial charge >= 0.3 is 5.97 Å². The number of piperidine rings is 1. The molecule has 2 heterocycles. The van der Waals surface area contributed by atoms with Gasteiger partial charge in [0.25, 0.3) is 5.91 Å². The van der Waals surface area contributed by atoms with E-state index in [0.717, 1.165) is 19.3 Å². The number of likely N-dealkylation sites (tertiary alicyclic amines) is 1. The van der Waals surface area contributed by atoms with Crippen molar-refractivity contribution < 1.29 is 14.7 Å². The standard InChI is InChI=1S/C15H21N3O3/c1-16-14-12(6-4-9-17-14)15(21)18-10-3-2-5-11(18)7-8-13(19)20/h4,6,9,11H,2-3,5,7-8,10H2,1H3,(H,16,17)(H,19,20)/t11-/m1/s1. The van der Waals surface area contributed by atoms with E-state index in [9.17, 15) is 9.59 Å². The number of nitrogens with one attached hydrogen (secondary N) is 1. The second kappa shape index (κ2) is 7.06. The van der Waals surface area contributed by atoms with Gasteiger partial charge in [-0.1, -0.05) is 0 Å². The first-order valence-corrected chi connectivity index (χ1v) is 7.29. The number of carbonyl (C=O) groups excluding carboxylic acids is 1. The van der Waals surface area contributed by atoms with Crippen molar-refractivity contribution in [2.45, 2.75) is 38.1 Å². The Balaban J connectivity index is 2.16. The third-order valence-corrected chi connectivity index (χ3v) is 3.85. The fourth-order valence-corrected chi connectivity index (χ4v) is 2.79. The predicted octanol–water partition coefficient (Wildman–Crippen LogP) is 1.98. The molecule has 1 atom stereocenters. The van der Waals surface area contributed by atoms with E-state index in [0.29, 0.717) is 24.3 Å². The van der Waals surface area contributed by atoms with Gasteiger partial charge in [-0.2, -0.15) is 0 Å². The summed E-state index contributed by atoms with van der Waals surface area (Å²) >= 11 is 0. The maximum Gasteiger partial charge on any atom is 0.303 e. The van der Waals surface area contributed by atoms with Gasteiger partial charge in [0.05, 0.1) is 5.56 Å². The third kappa shape index (κ3) is 3.71. The third-order valence-electron chi connectivity index (χ3n) is 3.85. The second-order valence-electron chi connectivity index (χ2n) is 5.23. The maximum atomic E-state index is 12.7. The number of carbonyl (C=O) groups is 2. The van der Waals surface area contributed by atoms with Crippen molar-refractivity contribution >= 4 is 17.7 Å². The lowest BCUT2D eigenvalue weighted by molar-refractivity contribution is -0.137. The first kappa shape index (κ1) is 15.3. The van der Waals surface area contributed by atoms with Crippen molar-refractivity contribution in [3.63, 3.8) is 0 Å². The van der Waals surface area contributed by atoms with Crippen molar-refractivity contribution in [3.8, 4) is 0 Å². The molecule has 2 N–H and O–H groups in total. The Morgan fingerprint density at radius 1 is 1.48 bits per heavy atom. The Labute approximate surface area is 124 Å². The molecule has 0 aliphatic carbocycles. The van der Waals surface area contributed by atoms with Gasteiger partial charge in [0, 0.05) is 32.3 Å². The lowest BCUT2D eigenvalue weighted by Crippen LogP contribution is -2.44. The fraction of sp³-hybridized carbons (Fsp3) is 0.533. The van der Waals surface area contributed by atoms with Crippen LogP contribution in [0.2, 0.25) is 0 Å². The molecule has 1 fully saturated rings. The van der Waals surface area contributed by atoms with Gasteiger partial charge < -0.3 is 15.3 Å². The summed E-state index contributed by atoms with van der Waals surface area (Å²) in [5, 5.41) is 11.8. The normalized spacial score (nSPS) is 18.3. The van der Waals surface area contributed by atoms with Crippen LogP contribution in [0.25, 0.3) is 0 Å². The summed E-state index contributed by atoms with van der Waals surface area (Å²) in [5.41, 5.74) is 0.544. The van der Waals surface area contributed by atoms with Crippen LogP contribution in [0.3, 0.4) is 0 Å². The molecule has 0 bridgehead atoms. The van der Waals surface area contributed by atoms with Gasteiger partial charge in [-0.25, -0.2) is 4.98 Å². The monoisotopic (exact) mass is 291 g/mol. The fourth-order valence-electron chi connectivity index (χ4n) is 2.79. The van der Waals surface area contributed by atoms with Crippen LogP contribution in [-0.2, 0) is 4.79 Å². The number of carboxylic acid groups (broad SMARTS) is 1. The first-order valence-electron chi connectivity index (χ1n) is 7.29. The molecule has 1 aromatic heterocycles. The van der Waals surface area contributed by atoms with Gasteiger partial charge in [0.1, 0.15) is 5.82 Å². The van der Waals surface area contributed by atoms with Crippen LogP contribution in [0.1, 0.15) is 42.5 Å². The van der Waals surface area contributed by atoms with Gasteiger partial charge in [0.2, 0.25) is 0 Å². The van der Waals surface area contributed by atoms with Crippen molar-refractivity contribution in [1.82, 2.24) is 9.88 Å². The van der Waals surface area contributed by atoms with E-state index in [-0.39, 0.29) is 18.4 Å². The zero-order valence-electron chi connectivity index (χ0n) is 12.2. The molecule has 1 aliphatic heterocycles. The summed E-state index contributed by atoms with van der Waals surface area (Å²) in [6, 6.07) is 3.50. The van der Waals surface area contributed by atoms with Crippen LogP contribution < -0.4 is 5.32 Å². The van der Waals surface area contributed by atoms with E-state index < -0.39 is 5.97 Å². The molecular weight excluding hydrogens is 270 g/mol. The molecule has 114 valence electrons. The number of amides is 1. The Morgan fingerprint density at radius 3 is 3.00 bits per heavy atom. The molecule has 1 aliphatic rings. The Morgan fingerprint density at radius 2 is 2.29 bits per heavy atom. The molecule has 0 spiro atoms. The van der Waals surface area contributed by atoms with E-state index in [2.05, 4.69) is 10.3 Å². The largest absolute Gasteiger partial charge is 0.481 e. The smallest absolute Gasteiger partial charge is 0.303 e. The average Bonchev–Trinajstić information content (AvgIpc) is 2.52. The van der Waals surface area contributed by atoms with Gasteiger partial charge in [0.15, 0.2) is 0 Å². The summed E-state index contributed by atoms with van der Waals surface area (Å²) in [7, 11) is 1.73. The van der Waals surface area contributed by atoms with Crippen LogP contribution in [0, 0.1) is 0 Å². The van der Waals surface area contributed by atoms with Crippen LogP contribution >= 0.6 is 0 Å². The first-order chi connectivity index (χ1) is 10.1. The highest BCUT2D eigenvalue weighted by Crippen LogP contribution is 2.24. The highest BCUT2D eigenvalue weighted by molar-refractivity contribution is 5.98. The molecular formula is C15H21N3O3. The molecule has 0 saturated carbocycles. The number of anilines is 1. The Kier molecular flexibility index (Phi) is 5.14. The molecule has 1 amide bonds. The second-order valence-corrected chi connectivity index (χ2v) is 5.23.